The molecule has 1 aliphatic heterocycles. The van der Waals surface area contributed by atoms with Gasteiger partial charge in [0.2, 0.25) is 0 Å². The maximum atomic E-state index is 3.46. The Kier molecular flexibility index (Phi) is 2.40. The van der Waals surface area contributed by atoms with Gasteiger partial charge in [-0.2, -0.15) is 0 Å². The van der Waals surface area contributed by atoms with Gasteiger partial charge in [-0.3, -0.25) is 0 Å². The molecule has 0 aromatic heterocycles. The molecule has 0 amide bonds. The van der Waals surface area contributed by atoms with Crippen molar-refractivity contribution in [2.75, 3.05) is 13.1 Å². The van der Waals surface area contributed by atoms with Crippen molar-refractivity contribution < 1.29 is 0 Å². The predicted molar refractivity (Wildman–Crippen MR) is 52.2 cm³/mol. The van der Waals surface area contributed by atoms with Crippen molar-refractivity contribution >= 4 is 0 Å². The minimum Gasteiger partial charge on any atom is -0.316 e. The first-order chi connectivity index (χ1) is 5.87. The van der Waals surface area contributed by atoms with Gasteiger partial charge in [0.25, 0.3) is 0 Å². The van der Waals surface area contributed by atoms with Crippen molar-refractivity contribution in [1.29, 1.82) is 0 Å². The summed E-state index contributed by atoms with van der Waals surface area (Å²) in [7, 11) is 0. The van der Waals surface area contributed by atoms with Crippen molar-refractivity contribution in [3.63, 3.8) is 0 Å². The summed E-state index contributed by atoms with van der Waals surface area (Å²) in [6.45, 7) is 4.95. The van der Waals surface area contributed by atoms with E-state index in [0.717, 1.165) is 11.3 Å². The van der Waals surface area contributed by atoms with Crippen LogP contribution in [-0.4, -0.2) is 13.1 Å². The molecular formula is C11H21N. The Morgan fingerprint density at radius 3 is 2.33 bits per heavy atom. The molecule has 0 atom stereocenters. The highest BCUT2D eigenvalue weighted by atomic mass is 15.0. The van der Waals surface area contributed by atoms with Crippen LogP contribution in [0.3, 0.4) is 0 Å². The van der Waals surface area contributed by atoms with Gasteiger partial charge >= 0.3 is 0 Å². The molecule has 0 bridgehead atoms. The summed E-state index contributed by atoms with van der Waals surface area (Å²) >= 11 is 0. The molecule has 0 aromatic rings. The molecule has 1 aliphatic carbocycles. The maximum Gasteiger partial charge on any atom is 0.00229 e. The van der Waals surface area contributed by atoms with Crippen molar-refractivity contribution in [2.45, 2.75) is 45.4 Å². The van der Waals surface area contributed by atoms with E-state index in [1.807, 2.05) is 0 Å². The highest BCUT2D eigenvalue weighted by molar-refractivity contribution is 4.98. The van der Waals surface area contributed by atoms with Crippen molar-refractivity contribution in [3.8, 4) is 0 Å². The van der Waals surface area contributed by atoms with E-state index in [-0.39, 0.29) is 0 Å². The Labute approximate surface area is 75.9 Å². The van der Waals surface area contributed by atoms with Gasteiger partial charge in [-0.05, 0) is 30.6 Å². The van der Waals surface area contributed by atoms with Gasteiger partial charge in [0.05, 0.1) is 0 Å². The van der Waals surface area contributed by atoms with Crippen LogP contribution in [0.2, 0.25) is 0 Å². The maximum absolute atomic E-state index is 3.46. The third-order valence-corrected chi connectivity index (χ3v) is 3.92. The third-order valence-electron chi connectivity index (χ3n) is 3.92. The fourth-order valence-electron chi connectivity index (χ4n) is 3.15. The van der Waals surface area contributed by atoms with Gasteiger partial charge in [0.15, 0.2) is 0 Å². The van der Waals surface area contributed by atoms with Gasteiger partial charge in [-0.15, -0.1) is 0 Å². The van der Waals surface area contributed by atoms with Crippen molar-refractivity contribution in [1.82, 2.24) is 5.32 Å². The Balaban J connectivity index is 1.95. The van der Waals surface area contributed by atoms with Crippen LogP contribution in [0.25, 0.3) is 0 Å². The molecule has 1 nitrogen and oxygen atoms in total. The zero-order valence-electron chi connectivity index (χ0n) is 8.23. The smallest absolute Gasteiger partial charge is 0.00229 e. The van der Waals surface area contributed by atoms with Crippen LogP contribution in [0.4, 0.5) is 0 Å². The van der Waals surface area contributed by atoms with Crippen LogP contribution in [0.5, 0.6) is 0 Å². The molecule has 70 valence electrons. The van der Waals surface area contributed by atoms with Crippen LogP contribution in [0.15, 0.2) is 0 Å². The van der Waals surface area contributed by atoms with Gasteiger partial charge in [-0.1, -0.05) is 26.2 Å². The largest absolute Gasteiger partial charge is 0.316 e. The monoisotopic (exact) mass is 167 g/mol. The zero-order valence-corrected chi connectivity index (χ0v) is 8.23. The summed E-state index contributed by atoms with van der Waals surface area (Å²) in [5, 5.41) is 3.46. The summed E-state index contributed by atoms with van der Waals surface area (Å²) in [6, 6.07) is 0. The summed E-state index contributed by atoms with van der Waals surface area (Å²) in [6.07, 6.45) is 8.86. The van der Waals surface area contributed by atoms with E-state index in [4.69, 9.17) is 0 Å². The fraction of sp³-hybridized carbons (Fsp3) is 1.00. The molecule has 0 aromatic carbocycles. The topological polar surface area (TPSA) is 12.0 Å². The van der Waals surface area contributed by atoms with Crippen LogP contribution in [0.1, 0.15) is 45.4 Å². The third kappa shape index (κ3) is 1.28. The van der Waals surface area contributed by atoms with E-state index in [1.165, 1.54) is 51.6 Å². The van der Waals surface area contributed by atoms with Crippen LogP contribution in [0, 0.1) is 11.3 Å². The normalized spacial score (nSPS) is 28.8. The van der Waals surface area contributed by atoms with E-state index in [0.29, 0.717) is 0 Å². The molecule has 2 aliphatic rings. The van der Waals surface area contributed by atoms with Crippen molar-refractivity contribution in [2.24, 2.45) is 11.3 Å². The Bertz CT molecular complexity index is 143. The number of hydrogen-bond donors (Lipinski definition) is 1. The lowest BCUT2D eigenvalue weighted by Crippen LogP contribution is -2.56. The number of rotatable bonds is 3. The predicted octanol–water partition coefficient (Wildman–Crippen LogP) is 2.57. The molecular weight excluding hydrogens is 146 g/mol. The molecule has 1 N–H and O–H groups in total. The molecule has 0 spiro atoms. The first-order valence-corrected chi connectivity index (χ1v) is 5.58. The Morgan fingerprint density at radius 1 is 1.25 bits per heavy atom. The molecule has 2 rings (SSSR count). The molecule has 12 heavy (non-hydrogen) atoms. The first-order valence-electron chi connectivity index (χ1n) is 5.58. The van der Waals surface area contributed by atoms with Gasteiger partial charge in [0, 0.05) is 13.1 Å². The molecule has 1 heteroatoms. The second kappa shape index (κ2) is 3.37. The quantitative estimate of drug-likeness (QED) is 0.681. The lowest BCUT2D eigenvalue weighted by molar-refractivity contribution is 0.0690. The van der Waals surface area contributed by atoms with E-state index >= 15 is 0 Å². The minimum absolute atomic E-state index is 0.741. The van der Waals surface area contributed by atoms with Gasteiger partial charge in [-0.25, -0.2) is 0 Å². The Hall–Kier alpha value is -0.0400. The minimum atomic E-state index is 0.741. The summed E-state index contributed by atoms with van der Waals surface area (Å²) in [4.78, 5) is 0. The average Bonchev–Trinajstić information content (AvgIpc) is 2.48. The average molecular weight is 167 g/mol. The first kappa shape index (κ1) is 8.55. The van der Waals surface area contributed by atoms with E-state index in [1.54, 1.807) is 0 Å². The lowest BCUT2D eigenvalue weighted by atomic mass is 9.67. The number of hydrogen-bond acceptors (Lipinski definition) is 1. The fourth-order valence-corrected chi connectivity index (χ4v) is 3.15. The van der Waals surface area contributed by atoms with Gasteiger partial charge < -0.3 is 5.32 Å². The summed E-state index contributed by atoms with van der Waals surface area (Å²) < 4.78 is 0. The van der Waals surface area contributed by atoms with E-state index in [9.17, 15) is 0 Å². The highest BCUT2D eigenvalue weighted by Crippen LogP contribution is 2.45. The molecule has 1 saturated heterocycles. The second-order valence-corrected chi connectivity index (χ2v) is 4.70. The standard InChI is InChI=1S/C11H21N/c1-2-7-11(8-12-9-11)10-5-3-4-6-10/h10,12H,2-9H2,1H3. The molecule has 0 radical (unpaired) electrons. The van der Waals surface area contributed by atoms with Crippen LogP contribution < -0.4 is 5.32 Å². The lowest BCUT2D eigenvalue weighted by Gasteiger charge is -2.47. The van der Waals surface area contributed by atoms with E-state index in [2.05, 4.69) is 12.2 Å². The molecule has 1 saturated carbocycles. The van der Waals surface area contributed by atoms with Crippen molar-refractivity contribution in [3.05, 3.63) is 0 Å². The number of nitrogens with one attached hydrogen (secondary N) is 1. The van der Waals surface area contributed by atoms with Crippen LogP contribution >= 0.6 is 0 Å². The van der Waals surface area contributed by atoms with Crippen LogP contribution in [-0.2, 0) is 0 Å². The summed E-state index contributed by atoms with van der Waals surface area (Å²) in [5.74, 6) is 1.07. The SMILES string of the molecule is CCCC1(C2CCCC2)CNC1. The Morgan fingerprint density at radius 2 is 1.92 bits per heavy atom. The van der Waals surface area contributed by atoms with Gasteiger partial charge in [0.1, 0.15) is 0 Å². The van der Waals surface area contributed by atoms with E-state index < -0.39 is 0 Å². The second-order valence-electron chi connectivity index (χ2n) is 4.70. The molecule has 1 heterocycles. The zero-order chi connectivity index (χ0) is 8.44. The summed E-state index contributed by atoms with van der Waals surface area (Å²) in [5.41, 5.74) is 0.741. The highest BCUT2D eigenvalue weighted by Gasteiger charge is 2.43. The molecule has 0 unspecified atom stereocenters. The molecule has 2 fully saturated rings.